The molecule has 2 aliphatic carbocycles. The highest BCUT2D eigenvalue weighted by atomic mass is 16.1. The van der Waals surface area contributed by atoms with Crippen LogP contribution in [0.2, 0.25) is 0 Å². The molecule has 2 saturated carbocycles. The number of rotatable bonds is 4. The maximum Gasteiger partial charge on any atom is 0.231 e. The maximum absolute atomic E-state index is 11.3. The molecule has 0 saturated heterocycles. The van der Waals surface area contributed by atoms with E-state index in [-0.39, 0.29) is 5.91 Å². The maximum atomic E-state index is 11.3. The van der Waals surface area contributed by atoms with Crippen LogP contribution in [-0.4, -0.2) is 29.4 Å². The van der Waals surface area contributed by atoms with Crippen LogP contribution in [0.15, 0.2) is 0 Å². The Balaban J connectivity index is 1.97. The van der Waals surface area contributed by atoms with Crippen molar-refractivity contribution >= 4 is 5.91 Å². The van der Waals surface area contributed by atoms with Gasteiger partial charge in [0.05, 0.1) is 6.54 Å². The normalized spacial score (nSPS) is 24.1. The van der Waals surface area contributed by atoms with E-state index in [4.69, 9.17) is 5.73 Å². The Morgan fingerprint density at radius 3 is 1.65 bits per heavy atom. The molecule has 0 aliphatic heterocycles. The van der Waals surface area contributed by atoms with Gasteiger partial charge in [-0.3, -0.25) is 9.69 Å². The summed E-state index contributed by atoms with van der Waals surface area (Å²) in [6.45, 7) is 0.481. The van der Waals surface area contributed by atoms with Crippen LogP contribution in [0.3, 0.4) is 0 Å². The molecule has 17 heavy (non-hydrogen) atoms. The third kappa shape index (κ3) is 3.70. The molecule has 0 aromatic heterocycles. The van der Waals surface area contributed by atoms with Crippen molar-refractivity contribution in [3.63, 3.8) is 0 Å². The van der Waals surface area contributed by atoms with Crippen LogP contribution in [0.25, 0.3) is 0 Å². The summed E-state index contributed by atoms with van der Waals surface area (Å²) in [5, 5.41) is 0. The van der Waals surface area contributed by atoms with Crippen molar-refractivity contribution in [2.45, 2.75) is 76.3 Å². The SMILES string of the molecule is NC(=O)CN(C1CCCCC1)C1CCCCC1. The fraction of sp³-hybridized carbons (Fsp3) is 0.929. The molecule has 1 amide bonds. The first-order valence-electron chi connectivity index (χ1n) is 7.31. The number of carbonyl (C=O) groups excluding carboxylic acids is 1. The molecular weight excluding hydrogens is 212 g/mol. The zero-order chi connectivity index (χ0) is 12.1. The Kier molecular flexibility index (Phi) is 4.84. The van der Waals surface area contributed by atoms with Gasteiger partial charge in [-0.15, -0.1) is 0 Å². The van der Waals surface area contributed by atoms with Crippen LogP contribution in [0.4, 0.5) is 0 Å². The third-order valence-electron chi connectivity index (χ3n) is 4.43. The minimum atomic E-state index is -0.152. The van der Waals surface area contributed by atoms with Crippen molar-refractivity contribution in [3.8, 4) is 0 Å². The van der Waals surface area contributed by atoms with Gasteiger partial charge < -0.3 is 5.73 Å². The summed E-state index contributed by atoms with van der Waals surface area (Å²) < 4.78 is 0. The van der Waals surface area contributed by atoms with Gasteiger partial charge in [0.15, 0.2) is 0 Å². The summed E-state index contributed by atoms with van der Waals surface area (Å²) >= 11 is 0. The fourth-order valence-electron chi connectivity index (χ4n) is 3.56. The first-order valence-corrected chi connectivity index (χ1v) is 7.31. The van der Waals surface area contributed by atoms with Gasteiger partial charge in [-0.1, -0.05) is 38.5 Å². The monoisotopic (exact) mass is 238 g/mol. The lowest BCUT2D eigenvalue weighted by atomic mass is 9.88. The standard InChI is InChI=1S/C14H26N2O/c15-14(17)11-16(12-7-3-1-4-8-12)13-9-5-2-6-10-13/h12-13H,1-11H2,(H2,15,17). The largest absolute Gasteiger partial charge is 0.369 e. The average Bonchev–Trinajstić information content (AvgIpc) is 2.38. The lowest BCUT2D eigenvalue weighted by Gasteiger charge is -2.41. The summed E-state index contributed by atoms with van der Waals surface area (Å²) in [5.41, 5.74) is 5.43. The molecule has 0 aromatic rings. The molecule has 2 fully saturated rings. The minimum Gasteiger partial charge on any atom is -0.369 e. The number of amides is 1. The first-order chi connectivity index (χ1) is 8.27. The summed E-state index contributed by atoms with van der Waals surface area (Å²) in [4.78, 5) is 13.7. The second-order valence-electron chi connectivity index (χ2n) is 5.72. The van der Waals surface area contributed by atoms with Crippen LogP contribution >= 0.6 is 0 Å². The fourth-order valence-corrected chi connectivity index (χ4v) is 3.56. The van der Waals surface area contributed by atoms with Gasteiger partial charge in [0.25, 0.3) is 0 Å². The second-order valence-corrected chi connectivity index (χ2v) is 5.72. The quantitative estimate of drug-likeness (QED) is 0.817. The zero-order valence-electron chi connectivity index (χ0n) is 10.9. The number of hydrogen-bond acceptors (Lipinski definition) is 2. The Morgan fingerprint density at radius 2 is 1.29 bits per heavy atom. The molecule has 0 unspecified atom stereocenters. The highest BCUT2D eigenvalue weighted by molar-refractivity contribution is 5.76. The van der Waals surface area contributed by atoms with Crippen molar-refractivity contribution in [2.24, 2.45) is 5.73 Å². The molecular formula is C14H26N2O. The van der Waals surface area contributed by atoms with E-state index in [1.165, 1.54) is 64.2 Å². The molecule has 3 nitrogen and oxygen atoms in total. The third-order valence-corrected chi connectivity index (χ3v) is 4.43. The van der Waals surface area contributed by atoms with Crippen LogP contribution < -0.4 is 5.73 Å². The van der Waals surface area contributed by atoms with Crippen molar-refractivity contribution in [1.82, 2.24) is 4.90 Å². The van der Waals surface area contributed by atoms with Crippen LogP contribution in [0.1, 0.15) is 64.2 Å². The van der Waals surface area contributed by atoms with Gasteiger partial charge in [0, 0.05) is 12.1 Å². The molecule has 3 heteroatoms. The molecule has 0 aromatic carbocycles. The zero-order valence-corrected chi connectivity index (χ0v) is 10.9. The molecule has 2 aliphatic rings. The van der Waals surface area contributed by atoms with Crippen molar-refractivity contribution in [2.75, 3.05) is 6.54 Å². The molecule has 0 radical (unpaired) electrons. The number of carbonyl (C=O) groups is 1. The van der Waals surface area contributed by atoms with Crippen LogP contribution in [0.5, 0.6) is 0 Å². The first kappa shape index (κ1) is 12.9. The molecule has 0 heterocycles. The van der Waals surface area contributed by atoms with Crippen molar-refractivity contribution in [1.29, 1.82) is 0 Å². The lowest BCUT2D eigenvalue weighted by Crippen LogP contribution is -2.48. The van der Waals surface area contributed by atoms with Gasteiger partial charge in [0.1, 0.15) is 0 Å². The van der Waals surface area contributed by atoms with Gasteiger partial charge in [-0.05, 0) is 25.7 Å². The van der Waals surface area contributed by atoms with E-state index in [0.29, 0.717) is 18.6 Å². The van der Waals surface area contributed by atoms with Crippen LogP contribution in [0, 0.1) is 0 Å². The molecule has 2 rings (SSSR count). The van der Waals surface area contributed by atoms with Gasteiger partial charge in [-0.2, -0.15) is 0 Å². The predicted octanol–water partition coefficient (Wildman–Crippen LogP) is 2.44. The van der Waals surface area contributed by atoms with E-state index >= 15 is 0 Å². The predicted molar refractivity (Wildman–Crippen MR) is 69.6 cm³/mol. The summed E-state index contributed by atoms with van der Waals surface area (Å²) in [6, 6.07) is 1.25. The summed E-state index contributed by atoms with van der Waals surface area (Å²) in [6.07, 6.45) is 13.1. The van der Waals surface area contributed by atoms with Gasteiger partial charge >= 0.3 is 0 Å². The highest BCUT2D eigenvalue weighted by Gasteiger charge is 2.29. The Hall–Kier alpha value is -0.570. The van der Waals surface area contributed by atoms with E-state index in [9.17, 15) is 4.79 Å². The smallest absolute Gasteiger partial charge is 0.231 e. The van der Waals surface area contributed by atoms with Gasteiger partial charge in [-0.25, -0.2) is 0 Å². The van der Waals surface area contributed by atoms with E-state index < -0.39 is 0 Å². The molecule has 0 atom stereocenters. The number of hydrogen-bond donors (Lipinski definition) is 1. The molecule has 0 bridgehead atoms. The van der Waals surface area contributed by atoms with E-state index in [1.807, 2.05) is 0 Å². The van der Waals surface area contributed by atoms with Gasteiger partial charge in [0.2, 0.25) is 5.91 Å². The van der Waals surface area contributed by atoms with Crippen molar-refractivity contribution < 1.29 is 4.79 Å². The number of primary amides is 1. The number of nitrogens with zero attached hydrogens (tertiary/aromatic N) is 1. The second kappa shape index (κ2) is 6.39. The van der Waals surface area contributed by atoms with Crippen LogP contribution in [-0.2, 0) is 4.79 Å². The summed E-state index contributed by atoms with van der Waals surface area (Å²) in [5.74, 6) is -0.152. The topological polar surface area (TPSA) is 46.3 Å². The molecule has 0 spiro atoms. The van der Waals surface area contributed by atoms with E-state index in [2.05, 4.69) is 4.90 Å². The minimum absolute atomic E-state index is 0.152. The molecule has 2 N–H and O–H groups in total. The van der Waals surface area contributed by atoms with Crippen molar-refractivity contribution in [3.05, 3.63) is 0 Å². The van der Waals surface area contributed by atoms with E-state index in [0.717, 1.165) is 0 Å². The molecule has 98 valence electrons. The highest BCUT2D eigenvalue weighted by Crippen LogP contribution is 2.29. The average molecular weight is 238 g/mol. The summed E-state index contributed by atoms with van der Waals surface area (Å²) in [7, 11) is 0. The Morgan fingerprint density at radius 1 is 0.882 bits per heavy atom. The number of nitrogens with two attached hydrogens (primary N) is 1. The van der Waals surface area contributed by atoms with E-state index in [1.54, 1.807) is 0 Å². The lowest BCUT2D eigenvalue weighted by molar-refractivity contribution is -0.120. The Labute approximate surface area is 105 Å². The Bertz CT molecular complexity index is 225.